The van der Waals surface area contributed by atoms with Gasteiger partial charge in [0.2, 0.25) is 0 Å². The molecule has 0 fully saturated rings. The van der Waals surface area contributed by atoms with E-state index in [9.17, 15) is 14.4 Å². The van der Waals surface area contributed by atoms with E-state index in [4.69, 9.17) is 14.2 Å². The Morgan fingerprint density at radius 3 is 2.48 bits per heavy atom. The zero-order valence-corrected chi connectivity index (χ0v) is 14.2. The number of nitriles is 1. The Morgan fingerprint density at radius 2 is 1.88 bits per heavy atom. The Morgan fingerprint density at radius 1 is 1.20 bits per heavy atom. The molecule has 1 unspecified atom stereocenters. The molecule has 0 aliphatic rings. The number of ether oxygens (including phenoxy) is 3. The van der Waals surface area contributed by atoms with Gasteiger partial charge in [0.15, 0.2) is 28.5 Å². The van der Waals surface area contributed by atoms with E-state index >= 15 is 0 Å². The van der Waals surface area contributed by atoms with Crippen LogP contribution in [0.25, 0.3) is 0 Å². The number of esters is 1. The van der Waals surface area contributed by atoms with Crippen LogP contribution in [0.3, 0.4) is 0 Å². The molecule has 0 heterocycles. The van der Waals surface area contributed by atoms with E-state index in [0.29, 0.717) is 0 Å². The number of methoxy groups -OCH3 is 1. The fourth-order valence-electron chi connectivity index (χ4n) is 2.34. The minimum absolute atomic E-state index is 0.00717. The largest absolute Gasteiger partial charge is 0.492 e. The van der Waals surface area contributed by atoms with Gasteiger partial charge in [0.1, 0.15) is 0 Å². The van der Waals surface area contributed by atoms with E-state index in [-0.39, 0.29) is 29.4 Å². The van der Waals surface area contributed by atoms with Crippen molar-refractivity contribution in [3.63, 3.8) is 0 Å². The maximum absolute atomic E-state index is 13.8. The second-order valence-electron chi connectivity index (χ2n) is 5.33. The lowest BCUT2D eigenvalue weighted by atomic mass is 9.83. The summed E-state index contributed by atoms with van der Waals surface area (Å²) in [5, 5.41) is 9.57. The Labute approximate surface area is 145 Å². The number of rotatable bonds is 6. The molecule has 0 N–H and O–H groups in total. The summed E-state index contributed by atoms with van der Waals surface area (Å²) in [6.45, 7) is 3.24. The van der Waals surface area contributed by atoms with Crippen LogP contribution in [0.4, 0.5) is 4.39 Å². The lowest BCUT2D eigenvalue weighted by Gasteiger charge is -2.23. The van der Waals surface area contributed by atoms with Crippen LogP contribution in [0.2, 0.25) is 0 Å². The lowest BCUT2D eigenvalue weighted by molar-refractivity contribution is -0.147. The summed E-state index contributed by atoms with van der Waals surface area (Å²) in [6.07, 6.45) is 0. The maximum Gasteiger partial charge on any atom is 0.330 e. The number of hydrogen-bond donors (Lipinski definition) is 0. The number of carbonyl (C=O) groups excluding carboxylic acids is 1. The molecular weight excluding hydrogens is 325 g/mol. The number of halogens is 1. The molecule has 0 saturated carbocycles. The van der Waals surface area contributed by atoms with Gasteiger partial charge in [-0.1, -0.05) is 24.3 Å². The van der Waals surface area contributed by atoms with E-state index in [2.05, 4.69) is 0 Å². The Hall–Kier alpha value is -3.07. The number of para-hydroxylation sites is 2. The first-order chi connectivity index (χ1) is 12.0. The molecule has 2 rings (SSSR count). The first-order valence-corrected chi connectivity index (χ1v) is 7.66. The van der Waals surface area contributed by atoms with Crippen molar-refractivity contribution in [3.05, 3.63) is 53.8 Å². The van der Waals surface area contributed by atoms with Crippen LogP contribution in [-0.4, -0.2) is 19.7 Å². The van der Waals surface area contributed by atoms with Gasteiger partial charge in [-0.05, 0) is 32.0 Å². The van der Waals surface area contributed by atoms with Gasteiger partial charge in [-0.15, -0.1) is 0 Å². The van der Waals surface area contributed by atoms with Crippen LogP contribution in [0.1, 0.15) is 19.4 Å². The molecule has 5 nitrogen and oxygen atoms in total. The van der Waals surface area contributed by atoms with Crippen molar-refractivity contribution < 1.29 is 23.4 Å². The molecule has 2 aromatic rings. The third-order valence-electron chi connectivity index (χ3n) is 3.69. The summed E-state index contributed by atoms with van der Waals surface area (Å²) in [7, 11) is 1.38. The average molecular weight is 343 g/mol. The molecule has 0 bridgehead atoms. The summed E-state index contributed by atoms with van der Waals surface area (Å²) in [4.78, 5) is 12.3. The van der Waals surface area contributed by atoms with Crippen molar-refractivity contribution in [1.29, 1.82) is 5.26 Å². The van der Waals surface area contributed by atoms with E-state index in [1.165, 1.54) is 26.2 Å². The van der Waals surface area contributed by atoms with Crippen molar-refractivity contribution in [3.8, 4) is 23.3 Å². The molecule has 130 valence electrons. The smallest absolute Gasteiger partial charge is 0.330 e. The van der Waals surface area contributed by atoms with E-state index in [1.807, 2.05) is 6.07 Å². The number of nitrogens with zero attached hydrogens (tertiary/aromatic N) is 1. The fraction of sp³-hybridized carbons (Fsp3) is 0.263. The van der Waals surface area contributed by atoms with E-state index < -0.39 is 17.2 Å². The molecule has 0 spiro atoms. The van der Waals surface area contributed by atoms with Crippen molar-refractivity contribution in [2.24, 2.45) is 0 Å². The van der Waals surface area contributed by atoms with Crippen molar-refractivity contribution >= 4 is 5.97 Å². The van der Waals surface area contributed by atoms with Gasteiger partial charge in [-0.25, -0.2) is 9.18 Å². The van der Waals surface area contributed by atoms with Gasteiger partial charge in [0.25, 0.3) is 0 Å². The van der Waals surface area contributed by atoms with Crippen LogP contribution < -0.4 is 9.47 Å². The number of carbonyl (C=O) groups is 1. The first-order valence-electron chi connectivity index (χ1n) is 7.66. The average Bonchev–Trinajstić information content (AvgIpc) is 2.63. The van der Waals surface area contributed by atoms with Gasteiger partial charge in [-0.2, -0.15) is 5.26 Å². The standard InChI is InChI=1S/C19H18FNO4/c1-4-24-18(22)19(2,12-21)13-8-7-11-16(17(13)23-3)25-15-10-6-5-9-14(15)20/h5-11H,4H2,1-3H3. The number of hydrogen-bond acceptors (Lipinski definition) is 5. The highest BCUT2D eigenvalue weighted by Crippen LogP contribution is 2.41. The minimum Gasteiger partial charge on any atom is -0.492 e. The molecule has 6 heteroatoms. The van der Waals surface area contributed by atoms with Gasteiger partial charge in [0, 0.05) is 5.56 Å². The van der Waals surface area contributed by atoms with Gasteiger partial charge >= 0.3 is 5.97 Å². The molecule has 0 saturated heterocycles. The van der Waals surface area contributed by atoms with Gasteiger partial charge < -0.3 is 14.2 Å². The van der Waals surface area contributed by atoms with Gasteiger partial charge in [0.05, 0.1) is 19.8 Å². The third kappa shape index (κ3) is 3.56. The number of benzene rings is 2. The molecule has 2 aromatic carbocycles. The highest BCUT2D eigenvalue weighted by Gasteiger charge is 2.40. The molecule has 25 heavy (non-hydrogen) atoms. The SMILES string of the molecule is CCOC(=O)C(C)(C#N)c1cccc(Oc2ccccc2F)c1OC. The molecule has 0 amide bonds. The molecule has 0 aliphatic heterocycles. The molecule has 1 atom stereocenters. The topological polar surface area (TPSA) is 68.6 Å². The van der Waals surface area contributed by atoms with E-state index in [0.717, 1.165) is 0 Å². The highest BCUT2D eigenvalue weighted by atomic mass is 19.1. The highest BCUT2D eigenvalue weighted by molar-refractivity contribution is 5.87. The van der Waals surface area contributed by atoms with Crippen molar-refractivity contribution in [1.82, 2.24) is 0 Å². The van der Waals surface area contributed by atoms with E-state index in [1.54, 1.807) is 37.3 Å². The zero-order valence-electron chi connectivity index (χ0n) is 14.2. The van der Waals surface area contributed by atoms with Crippen LogP contribution in [-0.2, 0) is 14.9 Å². The van der Waals surface area contributed by atoms with Gasteiger partial charge in [-0.3, -0.25) is 0 Å². The summed E-state index contributed by atoms with van der Waals surface area (Å²) in [5.74, 6) is -0.867. The predicted octanol–water partition coefficient (Wildman–Crippen LogP) is 3.97. The second kappa shape index (κ2) is 7.67. The molecule has 0 aliphatic carbocycles. The quantitative estimate of drug-likeness (QED) is 0.742. The lowest BCUT2D eigenvalue weighted by Crippen LogP contribution is -2.33. The van der Waals surface area contributed by atoms with Crippen LogP contribution in [0, 0.1) is 17.1 Å². The first kappa shape index (κ1) is 18.3. The monoisotopic (exact) mass is 343 g/mol. The Balaban J connectivity index is 2.53. The summed E-state index contributed by atoms with van der Waals surface area (Å²) in [5.41, 5.74) is -1.31. The van der Waals surface area contributed by atoms with Crippen LogP contribution in [0.15, 0.2) is 42.5 Å². The Bertz CT molecular complexity index is 815. The van der Waals surface area contributed by atoms with Crippen LogP contribution >= 0.6 is 0 Å². The van der Waals surface area contributed by atoms with Crippen LogP contribution in [0.5, 0.6) is 17.2 Å². The second-order valence-corrected chi connectivity index (χ2v) is 5.33. The molecule has 0 aromatic heterocycles. The minimum atomic E-state index is -1.59. The van der Waals surface area contributed by atoms with Crippen molar-refractivity contribution in [2.75, 3.05) is 13.7 Å². The summed E-state index contributed by atoms with van der Waals surface area (Å²) < 4.78 is 29.8. The molecule has 0 radical (unpaired) electrons. The third-order valence-corrected chi connectivity index (χ3v) is 3.69. The Kier molecular flexibility index (Phi) is 5.60. The normalized spacial score (nSPS) is 12.6. The fourth-order valence-corrected chi connectivity index (χ4v) is 2.34. The molecular formula is C19H18FNO4. The van der Waals surface area contributed by atoms with Crippen molar-refractivity contribution in [2.45, 2.75) is 19.3 Å². The summed E-state index contributed by atoms with van der Waals surface area (Å²) in [6, 6.07) is 12.6. The maximum atomic E-state index is 13.8. The zero-order chi connectivity index (χ0) is 18.4. The predicted molar refractivity (Wildman–Crippen MR) is 89.1 cm³/mol. The summed E-state index contributed by atoms with van der Waals surface area (Å²) >= 11 is 0.